The predicted octanol–water partition coefficient (Wildman–Crippen LogP) is 7.16. The van der Waals surface area contributed by atoms with E-state index in [0.717, 1.165) is 56.0 Å². The number of Topliss-reactive ketones (excluding diaryl/α,β-unsaturated/α-hetero) is 1. The highest BCUT2D eigenvalue weighted by atomic mass is 16.5. The summed E-state index contributed by atoms with van der Waals surface area (Å²) in [6, 6.07) is 17.7. The number of hydrogen-bond donors (Lipinski definition) is 2. The fourth-order valence-electron chi connectivity index (χ4n) is 6.03. The van der Waals surface area contributed by atoms with Crippen LogP contribution in [0.15, 0.2) is 66.9 Å². The number of carbonyl (C=O) groups is 3. The number of unbranched alkanes of at least 4 members (excludes halogenated alkanes) is 4. The van der Waals surface area contributed by atoms with Gasteiger partial charge in [0.2, 0.25) is 0 Å². The van der Waals surface area contributed by atoms with Gasteiger partial charge in [-0.2, -0.15) is 0 Å². The Hall–Kier alpha value is -3.91. The molecule has 0 aliphatic rings. The number of carboxylic acids is 1. The zero-order chi connectivity index (χ0) is 30.8. The largest absolute Gasteiger partial charge is 0.477 e. The number of aryl methyl sites for hydroxylation is 1. The first-order valence-corrected chi connectivity index (χ1v) is 15.7. The molecule has 4 rings (SSSR count). The molecule has 2 aromatic heterocycles. The van der Waals surface area contributed by atoms with Gasteiger partial charge in [-0.3, -0.25) is 14.9 Å². The van der Waals surface area contributed by atoms with Crippen molar-refractivity contribution in [3.8, 4) is 0 Å². The number of para-hydroxylation sites is 2. The third-order valence-corrected chi connectivity index (χ3v) is 8.19. The minimum atomic E-state index is -1.07. The second-order valence-electron chi connectivity index (χ2n) is 11.3. The van der Waals surface area contributed by atoms with Crippen LogP contribution in [0.2, 0.25) is 0 Å². The van der Waals surface area contributed by atoms with Gasteiger partial charge in [-0.15, -0.1) is 0 Å². The van der Waals surface area contributed by atoms with Crippen LogP contribution < -0.4 is 5.32 Å². The fourth-order valence-corrected chi connectivity index (χ4v) is 6.03. The zero-order valence-corrected chi connectivity index (χ0v) is 25.6. The molecule has 0 amide bonds. The third-order valence-electron chi connectivity index (χ3n) is 8.19. The number of benzene rings is 2. The lowest BCUT2D eigenvalue weighted by Gasteiger charge is -2.27. The summed E-state index contributed by atoms with van der Waals surface area (Å²) in [5.74, 6) is -1.57. The normalized spacial score (nSPS) is 13.7. The summed E-state index contributed by atoms with van der Waals surface area (Å²) in [5.41, 5.74) is 2.07. The summed E-state index contributed by atoms with van der Waals surface area (Å²) in [4.78, 5) is 38.9. The monoisotopic (exact) mass is 587 g/mol. The Morgan fingerprint density at radius 2 is 1.53 bits per heavy atom. The molecular weight excluding hydrogens is 542 g/mol. The number of nitrogens with zero attached hydrogens (tertiary/aromatic N) is 2. The molecule has 0 bridgehead atoms. The summed E-state index contributed by atoms with van der Waals surface area (Å²) >= 11 is 0. The van der Waals surface area contributed by atoms with Crippen molar-refractivity contribution in [2.24, 2.45) is 0 Å². The van der Waals surface area contributed by atoms with Crippen molar-refractivity contribution >= 4 is 39.5 Å². The van der Waals surface area contributed by atoms with Crippen LogP contribution in [0.3, 0.4) is 0 Å². The van der Waals surface area contributed by atoms with Gasteiger partial charge in [0, 0.05) is 29.2 Å². The molecule has 8 nitrogen and oxygen atoms in total. The van der Waals surface area contributed by atoms with Crippen LogP contribution in [0.1, 0.15) is 88.7 Å². The number of aromatic nitrogens is 2. The summed E-state index contributed by atoms with van der Waals surface area (Å²) in [6.07, 6.45) is 8.88. The SMILES string of the molecule is CCC[C@@H](N[C@@H](C)C(=O)[C@H](CCCCCCCn1ccc2ccccc21)n1c(C(=O)O)cc2ccccc21)C(=O)OCC. The van der Waals surface area contributed by atoms with Gasteiger partial charge in [-0.05, 0) is 62.8 Å². The first-order valence-electron chi connectivity index (χ1n) is 15.7. The predicted molar refractivity (Wildman–Crippen MR) is 171 cm³/mol. The van der Waals surface area contributed by atoms with Gasteiger partial charge in [0.1, 0.15) is 11.7 Å². The fraction of sp³-hybridized carbons (Fsp3) is 0.457. The van der Waals surface area contributed by atoms with E-state index in [1.54, 1.807) is 24.5 Å². The maximum atomic E-state index is 14.1. The number of hydrogen-bond acceptors (Lipinski definition) is 5. The number of ether oxygens (including phenoxy) is 1. The lowest BCUT2D eigenvalue weighted by atomic mass is 9.97. The van der Waals surface area contributed by atoms with Crippen LogP contribution in [-0.4, -0.2) is 50.7 Å². The molecule has 2 aromatic carbocycles. The quantitative estimate of drug-likeness (QED) is 0.0946. The van der Waals surface area contributed by atoms with Crippen LogP contribution >= 0.6 is 0 Å². The molecule has 0 saturated carbocycles. The number of aromatic carboxylic acids is 1. The summed E-state index contributed by atoms with van der Waals surface area (Å²) in [6.45, 7) is 6.74. The van der Waals surface area contributed by atoms with Crippen LogP contribution in [0.5, 0.6) is 0 Å². The number of nitrogens with one attached hydrogen (secondary N) is 1. The Balaban J connectivity index is 1.44. The van der Waals surface area contributed by atoms with Crippen LogP contribution in [0.4, 0.5) is 0 Å². The van der Waals surface area contributed by atoms with Gasteiger partial charge in [-0.1, -0.05) is 75.4 Å². The number of carbonyl (C=O) groups excluding carboxylic acids is 2. The van der Waals surface area contributed by atoms with E-state index in [1.165, 1.54) is 10.9 Å². The van der Waals surface area contributed by atoms with E-state index in [1.807, 2.05) is 31.2 Å². The van der Waals surface area contributed by atoms with Crippen LogP contribution in [0.25, 0.3) is 21.8 Å². The van der Waals surface area contributed by atoms with Gasteiger partial charge in [0.25, 0.3) is 0 Å². The Morgan fingerprint density at radius 3 is 2.26 bits per heavy atom. The first kappa shape index (κ1) is 32.0. The maximum Gasteiger partial charge on any atom is 0.352 e. The smallest absolute Gasteiger partial charge is 0.352 e. The average molecular weight is 588 g/mol. The van der Waals surface area contributed by atoms with Crippen molar-refractivity contribution in [1.82, 2.24) is 14.5 Å². The standard InChI is InChI=1S/C35H45N3O5/c1-4-15-28(35(42)43-5-2)36-25(3)33(39)31(38-30-19-13-11-17-27(30)24-32(38)34(40)41)20-9-7-6-8-14-22-37-23-21-26-16-10-12-18-29(26)37/h10-13,16-19,21,23-25,28,31,36H,4-9,14-15,20,22H2,1-3H3,(H,40,41)/t25-,28+,31-/m0/s1. The summed E-state index contributed by atoms with van der Waals surface area (Å²) in [7, 11) is 0. The lowest BCUT2D eigenvalue weighted by molar-refractivity contribution is -0.146. The number of rotatable bonds is 18. The minimum Gasteiger partial charge on any atom is -0.477 e. The molecule has 0 saturated heterocycles. The van der Waals surface area contributed by atoms with Gasteiger partial charge in [0.15, 0.2) is 5.78 Å². The Bertz CT molecular complexity index is 1520. The number of fused-ring (bicyclic) bond motifs is 2. The summed E-state index contributed by atoms with van der Waals surface area (Å²) < 4.78 is 9.22. The first-order chi connectivity index (χ1) is 20.8. The highest BCUT2D eigenvalue weighted by Crippen LogP contribution is 2.29. The molecule has 0 spiro atoms. The van der Waals surface area contributed by atoms with Crippen LogP contribution in [-0.2, 0) is 20.9 Å². The van der Waals surface area contributed by atoms with Gasteiger partial charge in [-0.25, -0.2) is 4.79 Å². The maximum absolute atomic E-state index is 14.1. The number of carboxylic acid groups (broad SMARTS) is 1. The van der Waals surface area contributed by atoms with Gasteiger partial charge < -0.3 is 19.0 Å². The molecule has 2 N–H and O–H groups in total. The molecule has 2 heterocycles. The van der Waals surface area contributed by atoms with Crippen LogP contribution in [0, 0.1) is 0 Å². The van der Waals surface area contributed by atoms with E-state index in [4.69, 9.17) is 4.74 Å². The highest BCUT2D eigenvalue weighted by molar-refractivity contribution is 5.97. The van der Waals surface area contributed by atoms with Crippen molar-refractivity contribution in [3.63, 3.8) is 0 Å². The van der Waals surface area contributed by atoms with E-state index in [9.17, 15) is 19.5 Å². The van der Waals surface area contributed by atoms with Crippen molar-refractivity contribution in [2.75, 3.05) is 6.61 Å². The summed E-state index contributed by atoms with van der Waals surface area (Å²) in [5, 5.41) is 15.3. The van der Waals surface area contributed by atoms with Gasteiger partial charge >= 0.3 is 11.9 Å². The van der Waals surface area contributed by atoms with Crippen molar-refractivity contribution < 1.29 is 24.2 Å². The Kier molecular flexibility index (Phi) is 11.6. The minimum absolute atomic E-state index is 0.0983. The molecular formula is C35H45N3O5. The molecule has 0 aliphatic carbocycles. The number of ketones is 1. The molecule has 3 atom stereocenters. The Morgan fingerprint density at radius 1 is 0.860 bits per heavy atom. The second kappa shape index (κ2) is 15.5. The van der Waals surface area contributed by atoms with Crippen molar-refractivity contribution in [3.05, 3.63) is 72.6 Å². The van der Waals surface area contributed by atoms with Crippen molar-refractivity contribution in [1.29, 1.82) is 0 Å². The molecule has 0 aliphatic heterocycles. The van der Waals surface area contributed by atoms with Crippen molar-refractivity contribution in [2.45, 2.75) is 96.8 Å². The van der Waals surface area contributed by atoms with E-state index in [-0.39, 0.29) is 24.1 Å². The van der Waals surface area contributed by atoms with E-state index >= 15 is 0 Å². The zero-order valence-electron chi connectivity index (χ0n) is 25.6. The van der Waals surface area contributed by atoms with E-state index < -0.39 is 24.1 Å². The molecule has 8 heteroatoms. The molecule has 0 fully saturated rings. The molecule has 0 unspecified atom stereocenters. The molecule has 4 aromatic rings. The topological polar surface area (TPSA) is 103 Å². The Labute approximate surface area is 254 Å². The second-order valence-corrected chi connectivity index (χ2v) is 11.3. The number of esters is 1. The average Bonchev–Trinajstić information content (AvgIpc) is 3.60. The molecule has 230 valence electrons. The third kappa shape index (κ3) is 7.93. The highest BCUT2D eigenvalue weighted by Gasteiger charge is 2.32. The van der Waals surface area contributed by atoms with E-state index in [0.29, 0.717) is 12.8 Å². The molecule has 0 radical (unpaired) electrons. The lowest BCUT2D eigenvalue weighted by Crippen LogP contribution is -2.48. The van der Waals surface area contributed by atoms with Gasteiger partial charge in [0.05, 0.1) is 18.7 Å². The molecule has 43 heavy (non-hydrogen) atoms. The van der Waals surface area contributed by atoms with E-state index in [2.05, 4.69) is 46.4 Å².